The van der Waals surface area contributed by atoms with E-state index in [1.165, 1.54) is 0 Å². The number of pyridine rings is 1. The first-order valence-electron chi connectivity index (χ1n) is 5.03. The topological polar surface area (TPSA) is 64.1 Å². The maximum Gasteiger partial charge on any atom is 0.140 e. The van der Waals surface area contributed by atoms with Crippen LogP contribution in [0.25, 0.3) is 11.0 Å². The molecule has 2 rings (SSSR count). The lowest BCUT2D eigenvalue weighted by Crippen LogP contribution is -2.11. The van der Waals surface area contributed by atoms with Crippen molar-refractivity contribution in [3.05, 3.63) is 30.1 Å². The van der Waals surface area contributed by atoms with Crippen molar-refractivity contribution in [2.45, 2.75) is 26.1 Å². The molecule has 4 heteroatoms. The molecule has 0 spiro atoms. The number of rotatable bonds is 3. The SMILES string of the molecule is CC(O)Cn1cc(CN)c2cccnc21. The number of hydrogen-bond acceptors (Lipinski definition) is 3. The summed E-state index contributed by atoms with van der Waals surface area (Å²) < 4.78 is 1.95. The van der Waals surface area contributed by atoms with Gasteiger partial charge in [-0.1, -0.05) is 0 Å². The highest BCUT2D eigenvalue weighted by atomic mass is 16.3. The zero-order chi connectivity index (χ0) is 10.8. The second-order valence-corrected chi connectivity index (χ2v) is 3.73. The smallest absolute Gasteiger partial charge is 0.140 e. The van der Waals surface area contributed by atoms with E-state index in [-0.39, 0.29) is 6.10 Å². The summed E-state index contributed by atoms with van der Waals surface area (Å²) >= 11 is 0. The average molecular weight is 205 g/mol. The monoisotopic (exact) mass is 205 g/mol. The minimum absolute atomic E-state index is 0.381. The molecule has 0 bridgehead atoms. The average Bonchev–Trinajstić information content (AvgIpc) is 2.56. The third-order valence-electron chi connectivity index (χ3n) is 2.40. The number of fused-ring (bicyclic) bond motifs is 1. The van der Waals surface area contributed by atoms with Gasteiger partial charge in [0.05, 0.1) is 6.10 Å². The molecule has 1 unspecified atom stereocenters. The number of hydrogen-bond donors (Lipinski definition) is 2. The minimum Gasteiger partial charge on any atom is -0.392 e. The Hall–Kier alpha value is -1.39. The van der Waals surface area contributed by atoms with Gasteiger partial charge < -0.3 is 15.4 Å². The molecular formula is C11H15N3O. The molecule has 0 aliphatic rings. The molecule has 0 saturated heterocycles. The van der Waals surface area contributed by atoms with Crippen molar-refractivity contribution in [3.8, 4) is 0 Å². The number of aliphatic hydroxyl groups is 1. The quantitative estimate of drug-likeness (QED) is 0.781. The minimum atomic E-state index is -0.381. The zero-order valence-corrected chi connectivity index (χ0v) is 8.72. The molecule has 2 aromatic heterocycles. The van der Waals surface area contributed by atoms with Crippen LogP contribution in [-0.4, -0.2) is 20.8 Å². The van der Waals surface area contributed by atoms with E-state index in [2.05, 4.69) is 4.98 Å². The van der Waals surface area contributed by atoms with Crippen LogP contribution in [0.5, 0.6) is 0 Å². The standard InChI is InChI=1S/C11H15N3O/c1-8(15)6-14-7-9(5-12)10-3-2-4-13-11(10)14/h2-4,7-8,15H,5-6,12H2,1H3. The third kappa shape index (κ3) is 1.86. The first kappa shape index (κ1) is 10.1. The summed E-state index contributed by atoms with van der Waals surface area (Å²) in [5.41, 5.74) is 7.61. The largest absolute Gasteiger partial charge is 0.392 e. The summed E-state index contributed by atoms with van der Waals surface area (Å²) in [5, 5.41) is 10.4. The first-order valence-corrected chi connectivity index (χ1v) is 5.03. The van der Waals surface area contributed by atoms with E-state index in [4.69, 9.17) is 5.73 Å². The summed E-state index contributed by atoms with van der Waals surface area (Å²) in [6.07, 6.45) is 3.33. The highest BCUT2D eigenvalue weighted by Gasteiger charge is 2.08. The Morgan fingerprint density at radius 1 is 1.60 bits per heavy atom. The van der Waals surface area contributed by atoms with Crippen molar-refractivity contribution in [3.63, 3.8) is 0 Å². The van der Waals surface area contributed by atoms with Crippen molar-refractivity contribution in [1.82, 2.24) is 9.55 Å². The molecule has 2 heterocycles. The Kier molecular flexibility index (Phi) is 2.70. The summed E-state index contributed by atoms with van der Waals surface area (Å²) in [6.45, 7) is 2.80. The van der Waals surface area contributed by atoms with Gasteiger partial charge >= 0.3 is 0 Å². The predicted molar refractivity (Wildman–Crippen MR) is 59.3 cm³/mol. The van der Waals surface area contributed by atoms with Crippen LogP contribution in [-0.2, 0) is 13.1 Å². The van der Waals surface area contributed by atoms with E-state index in [9.17, 15) is 5.11 Å². The Morgan fingerprint density at radius 2 is 2.40 bits per heavy atom. The summed E-state index contributed by atoms with van der Waals surface area (Å²) in [4.78, 5) is 4.30. The molecule has 0 saturated carbocycles. The van der Waals surface area contributed by atoms with Crippen molar-refractivity contribution >= 4 is 11.0 Å². The van der Waals surface area contributed by atoms with Gasteiger partial charge in [-0.05, 0) is 24.6 Å². The van der Waals surface area contributed by atoms with Gasteiger partial charge in [-0.3, -0.25) is 0 Å². The lowest BCUT2D eigenvalue weighted by Gasteiger charge is -2.06. The molecule has 15 heavy (non-hydrogen) atoms. The molecule has 0 fully saturated rings. The maximum atomic E-state index is 9.37. The van der Waals surface area contributed by atoms with Crippen LogP contribution >= 0.6 is 0 Å². The number of nitrogens with two attached hydrogens (primary N) is 1. The van der Waals surface area contributed by atoms with Crippen LogP contribution in [0.4, 0.5) is 0 Å². The number of aliphatic hydroxyl groups excluding tert-OH is 1. The fourth-order valence-electron chi connectivity index (χ4n) is 1.78. The van der Waals surface area contributed by atoms with Gasteiger partial charge in [-0.2, -0.15) is 0 Å². The summed E-state index contributed by atoms with van der Waals surface area (Å²) in [6, 6.07) is 3.90. The third-order valence-corrected chi connectivity index (χ3v) is 2.40. The van der Waals surface area contributed by atoms with Gasteiger partial charge in [0.2, 0.25) is 0 Å². The highest BCUT2D eigenvalue weighted by molar-refractivity contribution is 5.80. The highest BCUT2D eigenvalue weighted by Crippen LogP contribution is 2.18. The predicted octanol–water partition coefficient (Wildman–Crippen LogP) is 0.876. The Bertz CT molecular complexity index is 462. The van der Waals surface area contributed by atoms with E-state index in [1.807, 2.05) is 22.9 Å². The van der Waals surface area contributed by atoms with Crippen molar-refractivity contribution < 1.29 is 5.11 Å². The number of aromatic nitrogens is 2. The molecule has 2 aromatic rings. The van der Waals surface area contributed by atoms with Gasteiger partial charge in [-0.15, -0.1) is 0 Å². The van der Waals surface area contributed by atoms with Crippen LogP contribution in [0.1, 0.15) is 12.5 Å². The molecule has 3 N–H and O–H groups in total. The normalized spacial score (nSPS) is 13.3. The van der Waals surface area contributed by atoms with Gasteiger partial charge in [-0.25, -0.2) is 4.98 Å². The zero-order valence-electron chi connectivity index (χ0n) is 8.72. The van der Waals surface area contributed by atoms with E-state index >= 15 is 0 Å². The fraction of sp³-hybridized carbons (Fsp3) is 0.364. The second-order valence-electron chi connectivity index (χ2n) is 3.73. The Labute approximate surface area is 88.3 Å². The van der Waals surface area contributed by atoms with Crippen LogP contribution < -0.4 is 5.73 Å². The molecule has 0 aliphatic carbocycles. The molecule has 0 aliphatic heterocycles. The fourth-order valence-corrected chi connectivity index (χ4v) is 1.78. The second kappa shape index (κ2) is 4.00. The van der Waals surface area contributed by atoms with Crippen molar-refractivity contribution in [1.29, 1.82) is 0 Å². The van der Waals surface area contributed by atoms with E-state index < -0.39 is 0 Å². The molecular weight excluding hydrogens is 190 g/mol. The molecule has 0 amide bonds. The van der Waals surface area contributed by atoms with Crippen molar-refractivity contribution in [2.24, 2.45) is 5.73 Å². The van der Waals surface area contributed by atoms with Gasteiger partial charge in [0.1, 0.15) is 5.65 Å². The van der Waals surface area contributed by atoms with E-state index in [1.54, 1.807) is 13.1 Å². The van der Waals surface area contributed by atoms with Gasteiger partial charge in [0, 0.05) is 30.9 Å². The van der Waals surface area contributed by atoms with Gasteiger partial charge in [0.25, 0.3) is 0 Å². The van der Waals surface area contributed by atoms with Crippen LogP contribution in [0.2, 0.25) is 0 Å². The van der Waals surface area contributed by atoms with Crippen molar-refractivity contribution in [2.75, 3.05) is 0 Å². The van der Waals surface area contributed by atoms with Crippen LogP contribution in [0.15, 0.2) is 24.5 Å². The number of nitrogens with zero attached hydrogens (tertiary/aromatic N) is 2. The van der Waals surface area contributed by atoms with E-state index in [0.29, 0.717) is 13.1 Å². The Balaban J connectivity index is 2.55. The molecule has 0 radical (unpaired) electrons. The molecule has 4 nitrogen and oxygen atoms in total. The van der Waals surface area contributed by atoms with E-state index in [0.717, 1.165) is 16.6 Å². The molecule has 0 aromatic carbocycles. The lowest BCUT2D eigenvalue weighted by molar-refractivity contribution is 0.175. The maximum absolute atomic E-state index is 9.37. The van der Waals surface area contributed by atoms with Crippen LogP contribution in [0, 0.1) is 0 Å². The summed E-state index contributed by atoms with van der Waals surface area (Å²) in [5.74, 6) is 0. The summed E-state index contributed by atoms with van der Waals surface area (Å²) in [7, 11) is 0. The van der Waals surface area contributed by atoms with Gasteiger partial charge in [0.15, 0.2) is 0 Å². The van der Waals surface area contributed by atoms with Crippen LogP contribution in [0.3, 0.4) is 0 Å². The Morgan fingerprint density at radius 3 is 3.07 bits per heavy atom. The lowest BCUT2D eigenvalue weighted by atomic mass is 10.2. The first-order chi connectivity index (χ1) is 7.22. The molecule has 1 atom stereocenters. The molecule has 80 valence electrons.